The van der Waals surface area contributed by atoms with Gasteiger partial charge in [-0.3, -0.25) is 0 Å². The average molecular weight is 144 g/mol. The molecule has 0 aromatic rings. The van der Waals surface area contributed by atoms with Crippen LogP contribution in [0.5, 0.6) is 0 Å². The van der Waals surface area contributed by atoms with Gasteiger partial charge in [0.05, 0.1) is 0 Å². The molecule has 1 aliphatic rings. The van der Waals surface area contributed by atoms with Crippen LogP contribution in [-0.2, 0) is 0 Å². The van der Waals surface area contributed by atoms with Crippen LogP contribution in [0.2, 0.25) is 0 Å². The summed E-state index contributed by atoms with van der Waals surface area (Å²) < 4.78 is 0. The molecule has 0 aliphatic heterocycles. The summed E-state index contributed by atoms with van der Waals surface area (Å²) in [7, 11) is 0. The summed E-state index contributed by atoms with van der Waals surface area (Å²) >= 11 is 16.1. The molecule has 0 radical (unpaired) electrons. The highest BCUT2D eigenvalue weighted by molar-refractivity contribution is 6.49. The van der Waals surface area contributed by atoms with Crippen molar-refractivity contribution in [1.82, 2.24) is 0 Å². The van der Waals surface area contributed by atoms with Crippen LogP contribution in [0.25, 0.3) is 0 Å². The Morgan fingerprint density at radius 2 is 1.33 bits per heavy atom. The van der Waals surface area contributed by atoms with Crippen LogP contribution < -0.4 is 0 Å². The molecule has 0 heterocycles. The van der Waals surface area contributed by atoms with Crippen molar-refractivity contribution in [2.75, 3.05) is 0 Å². The average Bonchev–Trinajstić information content (AvgIpc) is 1.94. The molecule has 0 amide bonds. The zero-order valence-electron chi connectivity index (χ0n) is 2.79. The summed E-state index contributed by atoms with van der Waals surface area (Å²) in [6.07, 6.45) is 0. The molecule has 0 saturated heterocycles. The van der Waals surface area contributed by atoms with Gasteiger partial charge in [-0.25, -0.2) is 0 Å². The van der Waals surface area contributed by atoms with E-state index in [0.717, 1.165) is 0 Å². The topological polar surface area (TPSA) is 0 Å². The SMILES string of the molecule is Cl[C+]1C(Cl)C1Cl. The Bertz CT molecular complexity index is 42.8. The molecule has 0 nitrogen and oxygen atoms in total. The van der Waals surface area contributed by atoms with E-state index in [2.05, 4.69) is 0 Å². The van der Waals surface area contributed by atoms with Gasteiger partial charge in [-0.15, -0.1) is 0 Å². The lowest BCUT2D eigenvalue weighted by atomic mass is 11.0. The van der Waals surface area contributed by atoms with E-state index in [0.29, 0.717) is 5.38 Å². The smallest absolute Gasteiger partial charge is 0.0615 e. The van der Waals surface area contributed by atoms with E-state index in [1.807, 2.05) is 0 Å². The van der Waals surface area contributed by atoms with Crippen LogP contribution in [0.3, 0.4) is 0 Å². The maximum absolute atomic E-state index is 5.39. The molecule has 0 bridgehead atoms. The molecule has 1 aliphatic carbocycles. The number of alkyl halides is 2. The van der Waals surface area contributed by atoms with E-state index in [4.69, 9.17) is 34.8 Å². The standard InChI is InChI=1S/C3H2Cl3/c4-1-2(5)3(1)6/h1-2H/q+1. The van der Waals surface area contributed by atoms with Gasteiger partial charge in [0.2, 0.25) is 5.38 Å². The molecule has 1 saturated carbocycles. The van der Waals surface area contributed by atoms with Crippen molar-refractivity contribution in [1.29, 1.82) is 0 Å². The van der Waals surface area contributed by atoms with Gasteiger partial charge in [-0.2, -0.15) is 0 Å². The Morgan fingerprint density at radius 3 is 1.33 bits per heavy atom. The fourth-order valence-electron chi connectivity index (χ4n) is 0.176. The molecule has 0 aromatic heterocycles. The molecular formula is C3H2Cl3+. The summed E-state index contributed by atoms with van der Waals surface area (Å²) in [4.78, 5) is 0. The van der Waals surface area contributed by atoms with Gasteiger partial charge in [-0.1, -0.05) is 23.2 Å². The normalized spacial score (nSPS) is 43.5. The lowest BCUT2D eigenvalue weighted by Crippen LogP contribution is -1.63. The minimum Gasteiger partial charge on any atom is -0.0615 e. The summed E-state index contributed by atoms with van der Waals surface area (Å²) in [5.41, 5.74) is 0. The monoisotopic (exact) mass is 143 g/mol. The first kappa shape index (κ1) is 4.89. The first-order valence-corrected chi connectivity index (χ1v) is 2.79. The van der Waals surface area contributed by atoms with Crippen LogP contribution >= 0.6 is 34.8 Å². The minimum absolute atomic E-state index is 0.0617. The molecule has 1 rings (SSSR count). The molecule has 0 spiro atoms. The van der Waals surface area contributed by atoms with Gasteiger partial charge in [-0.05, 0) is 0 Å². The van der Waals surface area contributed by atoms with Crippen LogP contribution in [0.1, 0.15) is 0 Å². The summed E-state index contributed by atoms with van der Waals surface area (Å²) in [5.74, 6) is 0. The van der Waals surface area contributed by atoms with Gasteiger partial charge < -0.3 is 0 Å². The van der Waals surface area contributed by atoms with E-state index in [9.17, 15) is 0 Å². The Hall–Kier alpha value is 0.740. The summed E-state index contributed by atoms with van der Waals surface area (Å²) in [5, 5.41) is 0.556. The van der Waals surface area contributed by atoms with Gasteiger partial charge in [0.1, 0.15) is 11.6 Å². The Labute approximate surface area is 51.4 Å². The number of hydrogen-bond donors (Lipinski definition) is 0. The lowest BCUT2D eigenvalue weighted by molar-refractivity contribution is 1.50. The third-order valence-corrected chi connectivity index (χ3v) is 2.47. The van der Waals surface area contributed by atoms with Gasteiger partial charge in [0.15, 0.2) is 0 Å². The van der Waals surface area contributed by atoms with Crippen LogP contribution in [-0.4, -0.2) is 10.8 Å². The third kappa shape index (κ3) is 0.575. The van der Waals surface area contributed by atoms with Crippen molar-refractivity contribution in [3.05, 3.63) is 5.38 Å². The zero-order chi connectivity index (χ0) is 4.73. The van der Waals surface area contributed by atoms with Gasteiger partial charge in [0, 0.05) is 0 Å². The van der Waals surface area contributed by atoms with Crippen molar-refractivity contribution >= 4 is 34.8 Å². The Morgan fingerprint density at radius 1 is 1.17 bits per heavy atom. The second kappa shape index (κ2) is 1.36. The molecule has 1 fully saturated rings. The molecule has 0 aromatic carbocycles. The molecule has 6 heavy (non-hydrogen) atoms. The van der Waals surface area contributed by atoms with Gasteiger partial charge in [0.25, 0.3) is 10.8 Å². The predicted molar refractivity (Wildman–Crippen MR) is 28.4 cm³/mol. The Balaban J connectivity index is 2.31. The quantitative estimate of drug-likeness (QED) is 0.360. The number of hydrogen-bond acceptors (Lipinski definition) is 0. The van der Waals surface area contributed by atoms with Crippen LogP contribution in [0.4, 0.5) is 0 Å². The van der Waals surface area contributed by atoms with E-state index >= 15 is 0 Å². The zero-order valence-corrected chi connectivity index (χ0v) is 5.06. The first-order chi connectivity index (χ1) is 2.73. The molecular weight excluding hydrogens is 142 g/mol. The van der Waals surface area contributed by atoms with Crippen LogP contribution in [0, 0.1) is 5.38 Å². The maximum atomic E-state index is 5.39. The molecule has 2 unspecified atom stereocenters. The number of rotatable bonds is 0. The van der Waals surface area contributed by atoms with Crippen molar-refractivity contribution in [3.8, 4) is 0 Å². The lowest BCUT2D eigenvalue weighted by Gasteiger charge is -1.46. The summed E-state index contributed by atoms with van der Waals surface area (Å²) in [6.45, 7) is 0. The molecule has 34 valence electrons. The summed E-state index contributed by atoms with van der Waals surface area (Å²) in [6, 6.07) is 0. The fraction of sp³-hybridized carbons (Fsp3) is 0.667. The second-order valence-corrected chi connectivity index (χ2v) is 2.57. The molecule has 3 heteroatoms. The van der Waals surface area contributed by atoms with E-state index < -0.39 is 0 Å². The predicted octanol–water partition coefficient (Wildman–Crippen LogP) is 1.99. The highest BCUT2D eigenvalue weighted by atomic mass is 35.5. The highest BCUT2D eigenvalue weighted by Crippen LogP contribution is 2.46. The van der Waals surface area contributed by atoms with Crippen molar-refractivity contribution in [2.45, 2.75) is 10.8 Å². The minimum atomic E-state index is -0.0617. The van der Waals surface area contributed by atoms with Crippen molar-refractivity contribution < 1.29 is 0 Å². The molecule has 2 atom stereocenters. The highest BCUT2D eigenvalue weighted by Gasteiger charge is 2.63. The fourth-order valence-corrected chi connectivity index (χ4v) is 0.956. The van der Waals surface area contributed by atoms with Crippen molar-refractivity contribution in [2.24, 2.45) is 0 Å². The van der Waals surface area contributed by atoms with E-state index in [1.165, 1.54) is 0 Å². The largest absolute Gasteiger partial charge is 0.253 e. The third-order valence-electron chi connectivity index (χ3n) is 0.675. The Kier molecular flexibility index (Phi) is 1.11. The first-order valence-electron chi connectivity index (χ1n) is 1.54. The van der Waals surface area contributed by atoms with Crippen molar-refractivity contribution in [3.63, 3.8) is 0 Å². The second-order valence-electron chi connectivity index (χ2n) is 1.19. The number of halogens is 3. The van der Waals surface area contributed by atoms with Crippen LogP contribution in [0.15, 0.2) is 0 Å². The van der Waals surface area contributed by atoms with Gasteiger partial charge >= 0.3 is 0 Å². The van der Waals surface area contributed by atoms with E-state index in [-0.39, 0.29) is 10.8 Å². The molecule has 0 N–H and O–H groups in total. The van der Waals surface area contributed by atoms with E-state index in [1.54, 1.807) is 0 Å². The maximum Gasteiger partial charge on any atom is 0.253 e.